The van der Waals surface area contributed by atoms with Crippen molar-refractivity contribution in [2.45, 2.75) is 78.8 Å². The summed E-state index contributed by atoms with van der Waals surface area (Å²) in [5.41, 5.74) is 0.402. The van der Waals surface area contributed by atoms with Gasteiger partial charge in [-0.2, -0.15) is 0 Å². The Bertz CT molecular complexity index is 260. The molecular formula is C18H38N2O. The summed E-state index contributed by atoms with van der Waals surface area (Å²) in [6, 6.07) is 1.21. The number of hydrogen-bond acceptors (Lipinski definition) is 3. The highest BCUT2D eigenvalue weighted by Crippen LogP contribution is 2.32. The fourth-order valence-corrected chi connectivity index (χ4v) is 3.13. The lowest BCUT2D eigenvalue weighted by atomic mass is 9.79. The van der Waals surface area contributed by atoms with Crippen molar-refractivity contribution in [1.82, 2.24) is 10.2 Å². The van der Waals surface area contributed by atoms with Gasteiger partial charge in [-0.25, -0.2) is 0 Å². The van der Waals surface area contributed by atoms with Gasteiger partial charge in [-0.3, -0.25) is 0 Å². The lowest BCUT2D eigenvalue weighted by Gasteiger charge is -2.43. The molecule has 0 aromatic rings. The Labute approximate surface area is 132 Å². The fraction of sp³-hybridized carbons (Fsp3) is 1.00. The third kappa shape index (κ3) is 7.12. The standard InChI is InChI=1S/C18H38N2O/c1-6-7-8-11-20(17(4)5)15-18(14-19-16(2)3)9-12-21-13-10-18/h16-17,19H,6-15H2,1-5H3. The van der Waals surface area contributed by atoms with E-state index in [1.54, 1.807) is 0 Å². The van der Waals surface area contributed by atoms with Crippen molar-refractivity contribution in [1.29, 1.82) is 0 Å². The number of unbranched alkanes of at least 4 members (excludes halogenated alkanes) is 2. The first kappa shape index (κ1) is 18.9. The first-order valence-electron chi connectivity index (χ1n) is 9.04. The van der Waals surface area contributed by atoms with Gasteiger partial charge in [-0.1, -0.05) is 33.6 Å². The van der Waals surface area contributed by atoms with E-state index in [4.69, 9.17) is 4.74 Å². The molecule has 1 saturated heterocycles. The van der Waals surface area contributed by atoms with E-state index in [-0.39, 0.29) is 0 Å². The lowest BCUT2D eigenvalue weighted by molar-refractivity contribution is -0.0106. The average Bonchev–Trinajstić information content (AvgIpc) is 2.45. The minimum absolute atomic E-state index is 0.402. The van der Waals surface area contributed by atoms with Crippen LogP contribution in [0, 0.1) is 5.41 Å². The number of ether oxygens (including phenoxy) is 1. The first-order valence-corrected chi connectivity index (χ1v) is 9.04. The van der Waals surface area contributed by atoms with Crippen molar-refractivity contribution in [3.8, 4) is 0 Å². The van der Waals surface area contributed by atoms with Crippen LogP contribution in [0.15, 0.2) is 0 Å². The number of hydrogen-bond donors (Lipinski definition) is 1. The number of nitrogens with one attached hydrogen (secondary N) is 1. The molecule has 0 aromatic heterocycles. The van der Waals surface area contributed by atoms with Crippen LogP contribution in [0.5, 0.6) is 0 Å². The fourth-order valence-electron chi connectivity index (χ4n) is 3.13. The minimum atomic E-state index is 0.402. The Morgan fingerprint density at radius 3 is 2.29 bits per heavy atom. The second-order valence-electron chi connectivity index (χ2n) is 7.42. The van der Waals surface area contributed by atoms with E-state index in [9.17, 15) is 0 Å². The summed E-state index contributed by atoms with van der Waals surface area (Å²) in [7, 11) is 0. The molecule has 1 rings (SSSR count). The van der Waals surface area contributed by atoms with Gasteiger partial charge in [-0.15, -0.1) is 0 Å². The zero-order chi connectivity index (χ0) is 15.7. The molecule has 0 radical (unpaired) electrons. The van der Waals surface area contributed by atoms with E-state index in [0.717, 1.165) is 19.8 Å². The maximum atomic E-state index is 5.63. The van der Waals surface area contributed by atoms with Crippen LogP contribution in [0.2, 0.25) is 0 Å². The monoisotopic (exact) mass is 298 g/mol. The Morgan fingerprint density at radius 1 is 1.10 bits per heavy atom. The van der Waals surface area contributed by atoms with E-state index in [2.05, 4.69) is 44.8 Å². The number of rotatable bonds is 10. The Morgan fingerprint density at radius 2 is 1.76 bits per heavy atom. The summed E-state index contributed by atoms with van der Waals surface area (Å²) in [6.45, 7) is 16.9. The molecule has 1 aliphatic rings. The Balaban J connectivity index is 2.62. The first-order chi connectivity index (χ1) is 9.99. The lowest BCUT2D eigenvalue weighted by Crippen LogP contribution is -2.50. The average molecular weight is 299 g/mol. The quantitative estimate of drug-likeness (QED) is 0.623. The molecule has 0 bridgehead atoms. The zero-order valence-electron chi connectivity index (χ0n) is 15.1. The second-order valence-corrected chi connectivity index (χ2v) is 7.42. The highest BCUT2D eigenvalue weighted by atomic mass is 16.5. The van der Waals surface area contributed by atoms with Gasteiger partial charge in [0.1, 0.15) is 0 Å². The van der Waals surface area contributed by atoms with Gasteiger partial charge in [-0.05, 0) is 45.1 Å². The molecule has 1 fully saturated rings. The minimum Gasteiger partial charge on any atom is -0.381 e. The molecule has 3 nitrogen and oxygen atoms in total. The SMILES string of the molecule is CCCCCN(CC1(CNC(C)C)CCOCC1)C(C)C. The molecule has 0 spiro atoms. The molecule has 0 unspecified atom stereocenters. The molecule has 0 aliphatic carbocycles. The van der Waals surface area contributed by atoms with Crippen molar-refractivity contribution in [3.05, 3.63) is 0 Å². The van der Waals surface area contributed by atoms with Crippen LogP contribution in [-0.4, -0.2) is 49.8 Å². The van der Waals surface area contributed by atoms with E-state index in [1.165, 1.54) is 45.2 Å². The van der Waals surface area contributed by atoms with Crippen molar-refractivity contribution >= 4 is 0 Å². The van der Waals surface area contributed by atoms with E-state index in [0.29, 0.717) is 17.5 Å². The van der Waals surface area contributed by atoms with Gasteiger partial charge in [0.05, 0.1) is 0 Å². The summed E-state index contributed by atoms with van der Waals surface area (Å²) in [6.07, 6.45) is 6.38. The molecular weight excluding hydrogens is 260 g/mol. The maximum Gasteiger partial charge on any atom is 0.0472 e. The van der Waals surface area contributed by atoms with Gasteiger partial charge in [0.15, 0.2) is 0 Å². The smallest absolute Gasteiger partial charge is 0.0472 e. The third-order valence-electron chi connectivity index (χ3n) is 4.76. The van der Waals surface area contributed by atoms with E-state index in [1.807, 2.05) is 0 Å². The van der Waals surface area contributed by atoms with Crippen molar-refractivity contribution in [3.63, 3.8) is 0 Å². The molecule has 3 heteroatoms. The van der Waals surface area contributed by atoms with Gasteiger partial charge in [0.2, 0.25) is 0 Å². The third-order valence-corrected chi connectivity index (χ3v) is 4.76. The van der Waals surface area contributed by atoms with Crippen molar-refractivity contribution < 1.29 is 4.74 Å². The van der Waals surface area contributed by atoms with Crippen LogP contribution < -0.4 is 5.32 Å². The highest BCUT2D eigenvalue weighted by molar-refractivity contribution is 4.88. The van der Waals surface area contributed by atoms with Crippen LogP contribution in [-0.2, 0) is 4.74 Å². The van der Waals surface area contributed by atoms with Crippen LogP contribution >= 0.6 is 0 Å². The summed E-state index contributed by atoms with van der Waals surface area (Å²) < 4.78 is 5.63. The van der Waals surface area contributed by atoms with Gasteiger partial charge < -0.3 is 15.0 Å². The molecule has 126 valence electrons. The van der Waals surface area contributed by atoms with Gasteiger partial charge >= 0.3 is 0 Å². The predicted molar refractivity (Wildman–Crippen MR) is 91.9 cm³/mol. The molecule has 1 heterocycles. The van der Waals surface area contributed by atoms with Crippen LogP contribution in [0.25, 0.3) is 0 Å². The zero-order valence-corrected chi connectivity index (χ0v) is 15.1. The topological polar surface area (TPSA) is 24.5 Å². The summed E-state index contributed by atoms with van der Waals surface area (Å²) >= 11 is 0. The summed E-state index contributed by atoms with van der Waals surface area (Å²) in [4.78, 5) is 2.70. The molecule has 0 atom stereocenters. The second kappa shape index (κ2) is 9.81. The Hall–Kier alpha value is -0.120. The summed E-state index contributed by atoms with van der Waals surface area (Å²) in [5.74, 6) is 0. The largest absolute Gasteiger partial charge is 0.381 e. The normalized spacial score (nSPS) is 18.9. The highest BCUT2D eigenvalue weighted by Gasteiger charge is 2.34. The van der Waals surface area contributed by atoms with E-state index < -0.39 is 0 Å². The van der Waals surface area contributed by atoms with Crippen molar-refractivity contribution in [2.75, 3.05) is 32.8 Å². The predicted octanol–water partition coefficient (Wildman–Crippen LogP) is 3.68. The molecule has 1 aliphatic heterocycles. The molecule has 1 N–H and O–H groups in total. The number of nitrogens with zero attached hydrogens (tertiary/aromatic N) is 1. The van der Waals surface area contributed by atoms with Crippen molar-refractivity contribution in [2.24, 2.45) is 5.41 Å². The van der Waals surface area contributed by atoms with Gasteiger partial charge in [0.25, 0.3) is 0 Å². The Kier molecular flexibility index (Phi) is 8.84. The molecule has 21 heavy (non-hydrogen) atoms. The van der Waals surface area contributed by atoms with Gasteiger partial charge in [0, 0.05) is 38.4 Å². The van der Waals surface area contributed by atoms with Crippen LogP contribution in [0.1, 0.15) is 66.7 Å². The van der Waals surface area contributed by atoms with E-state index >= 15 is 0 Å². The maximum absolute atomic E-state index is 5.63. The van der Waals surface area contributed by atoms with Crippen LogP contribution in [0.4, 0.5) is 0 Å². The molecule has 0 saturated carbocycles. The summed E-state index contributed by atoms with van der Waals surface area (Å²) in [5, 5.41) is 3.69. The van der Waals surface area contributed by atoms with Crippen LogP contribution in [0.3, 0.4) is 0 Å². The molecule has 0 aromatic carbocycles. The molecule has 0 amide bonds.